The van der Waals surface area contributed by atoms with E-state index in [2.05, 4.69) is 13.8 Å². The number of carbonyl (C=O) groups excluding carboxylic acids is 1. The first-order valence-electron chi connectivity index (χ1n) is 12.9. The molecule has 2 fully saturated rings. The Hall–Kier alpha value is -0.850. The Labute approximate surface area is 216 Å². The molecule has 10 nitrogen and oxygen atoms in total. The van der Waals surface area contributed by atoms with E-state index in [1.807, 2.05) is 6.92 Å². The number of carbonyl (C=O) groups is 1. The standard InChI is InChI=1S/C26H48O10/c1-19-9-10-21-20(2)23(34-18-30-6)14-26(31-7,35-21)15-24(27)36-25(3,11-8-12-32-16-28-4)13-22(19)33-17-29-5/h19-23H,8-18H2,1-7H3/t19-,20+,21+,22-,23+,25-,26+/m1/s1. The largest absolute Gasteiger partial charge is 0.459 e. The highest BCUT2D eigenvalue weighted by Gasteiger charge is 2.49. The molecule has 2 heterocycles. The summed E-state index contributed by atoms with van der Waals surface area (Å²) in [5, 5.41) is 0. The highest BCUT2D eigenvalue weighted by Crippen LogP contribution is 2.41. The molecule has 0 saturated carbocycles. The van der Waals surface area contributed by atoms with Crippen molar-refractivity contribution in [3.8, 4) is 0 Å². The van der Waals surface area contributed by atoms with Crippen molar-refractivity contribution in [3.05, 3.63) is 0 Å². The third-order valence-corrected chi connectivity index (χ3v) is 7.37. The van der Waals surface area contributed by atoms with E-state index >= 15 is 0 Å². The molecular weight excluding hydrogens is 472 g/mol. The first-order chi connectivity index (χ1) is 17.2. The van der Waals surface area contributed by atoms with Crippen molar-refractivity contribution >= 4 is 5.97 Å². The van der Waals surface area contributed by atoms with Crippen LogP contribution in [0.1, 0.15) is 65.7 Å². The quantitative estimate of drug-likeness (QED) is 0.203. The van der Waals surface area contributed by atoms with Crippen LogP contribution in [-0.2, 0) is 47.4 Å². The highest BCUT2D eigenvalue weighted by molar-refractivity contribution is 5.71. The van der Waals surface area contributed by atoms with Gasteiger partial charge in [0.05, 0.1) is 24.7 Å². The maximum absolute atomic E-state index is 13.4. The number of rotatable bonds is 13. The Morgan fingerprint density at radius 2 is 1.58 bits per heavy atom. The summed E-state index contributed by atoms with van der Waals surface area (Å²) in [6, 6.07) is 0. The minimum absolute atomic E-state index is 0.0333. The van der Waals surface area contributed by atoms with Gasteiger partial charge in [0.1, 0.15) is 26.0 Å². The number of esters is 1. The van der Waals surface area contributed by atoms with Gasteiger partial charge in [0.2, 0.25) is 0 Å². The van der Waals surface area contributed by atoms with Crippen molar-refractivity contribution in [2.24, 2.45) is 11.8 Å². The molecule has 0 unspecified atom stereocenters. The molecule has 7 atom stereocenters. The average Bonchev–Trinajstić information content (AvgIpc) is 2.84. The summed E-state index contributed by atoms with van der Waals surface area (Å²) in [6.07, 6.45) is 3.40. The summed E-state index contributed by atoms with van der Waals surface area (Å²) in [5.41, 5.74) is -0.762. The van der Waals surface area contributed by atoms with Gasteiger partial charge in [0.25, 0.3) is 0 Å². The SMILES string of the molecule is COCOCCC[C@]1(C)C[C@@H](OCOC)[C@H](C)CC[C@@H]2O[C@](OC)(CC(=O)O1)C[C@H](OCOC)[C@H]2C. The zero-order chi connectivity index (χ0) is 26.6. The Morgan fingerprint density at radius 3 is 2.22 bits per heavy atom. The smallest absolute Gasteiger partial charge is 0.311 e. The molecule has 0 aromatic carbocycles. The van der Waals surface area contributed by atoms with Crippen LogP contribution >= 0.6 is 0 Å². The summed E-state index contributed by atoms with van der Waals surface area (Å²) in [6.45, 7) is 7.30. The van der Waals surface area contributed by atoms with Gasteiger partial charge in [-0.3, -0.25) is 4.79 Å². The van der Waals surface area contributed by atoms with Crippen LogP contribution in [0.25, 0.3) is 0 Å². The predicted molar refractivity (Wildman–Crippen MR) is 131 cm³/mol. The number of hydrogen-bond acceptors (Lipinski definition) is 10. The Balaban J connectivity index is 2.30. The lowest BCUT2D eigenvalue weighted by Gasteiger charge is -2.47. The van der Waals surface area contributed by atoms with E-state index in [1.54, 1.807) is 28.4 Å². The van der Waals surface area contributed by atoms with Gasteiger partial charge in [-0.25, -0.2) is 0 Å². The molecule has 0 radical (unpaired) electrons. The Morgan fingerprint density at radius 1 is 0.917 bits per heavy atom. The molecule has 212 valence electrons. The molecular formula is C26H48O10. The average molecular weight is 521 g/mol. The van der Waals surface area contributed by atoms with Crippen LogP contribution in [0.3, 0.4) is 0 Å². The molecule has 2 rings (SSSR count). The number of ether oxygens (including phenoxy) is 9. The third kappa shape index (κ3) is 9.47. The van der Waals surface area contributed by atoms with Gasteiger partial charge in [-0.05, 0) is 38.5 Å². The topological polar surface area (TPSA) is 100 Å². The summed E-state index contributed by atoms with van der Waals surface area (Å²) in [7, 11) is 6.36. The van der Waals surface area contributed by atoms with Crippen molar-refractivity contribution in [2.45, 2.75) is 95.4 Å². The minimum Gasteiger partial charge on any atom is -0.459 e. The van der Waals surface area contributed by atoms with E-state index in [0.29, 0.717) is 32.3 Å². The second kappa shape index (κ2) is 15.5. The number of cyclic esters (lactones) is 1. The molecule has 0 aliphatic carbocycles. The van der Waals surface area contributed by atoms with Gasteiger partial charge < -0.3 is 42.6 Å². The normalized spacial score (nSPS) is 36.1. The molecule has 2 aliphatic rings. The van der Waals surface area contributed by atoms with Crippen molar-refractivity contribution < 1.29 is 47.4 Å². The van der Waals surface area contributed by atoms with E-state index < -0.39 is 11.4 Å². The van der Waals surface area contributed by atoms with Crippen molar-refractivity contribution in [2.75, 3.05) is 55.4 Å². The lowest BCUT2D eigenvalue weighted by atomic mass is 9.81. The fourth-order valence-corrected chi connectivity index (χ4v) is 5.20. The van der Waals surface area contributed by atoms with Gasteiger partial charge in [0, 0.05) is 53.8 Å². The molecule has 0 spiro atoms. The van der Waals surface area contributed by atoms with Gasteiger partial charge >= 0.3 is 5.97 Å². The lowest BCUT2D eigenvalue weighted by Crippen LogP contribution is -2.54. The molecule has 2 aliphatic heterocycles. The van der Waals surface area contributed by atoms with Crippen LogP contribution in [0.15, 0.2) is 0 Å². The van der Waals surface area contributed by atoms with E-state index in [0.717, 1.165) is 12.8 Å². The second-order valence-electron chi connectivity index (χ2n) is 10.3. The van der Waals surface area contributed by atoms with E-state index in [1.165, 1.54) is 0 Å². The predicted octanol–water partition coefficient (Wildman–Crippen LogP) is 3.65. The first kappa shape index (κ1) is 31.4. The van der Waals surface area contributed by atoms with Crippen LogP contribution in [0.5, 0.6) is 0 Å². The van der Waals surface area contributed by atoms with Crippen LogP contribution in [0.4, 0.5) is 0 Å². The zero-order valence-electron chi connectivity index (χ0n) is 23.2. The van der Waals surface area contributed by atoms with Gasteiger partial charge in [-0.2, -0.15) is 0 Å². The summed E-state index contributed by atoms with van der Waals surface area (Å²) < 4.78 is 51.4. The number of methoxy groups -OCH3 is 4. The molecule has 0 N–H and O–H groups in total. The second-order valence-corrected chi connectivity index (χ2v) is 10.3. The summed E-state index contributed by atoms with van der Waals surface area (Å²) >= 11 is 0. The van der Waals surface area contributed by atoms with Gasteiger partial charge in [-0.15, -0.1) is 0 Å². The zero-order valence-corrected chi connectivity index (χ0v) is 23.2. The highest BCUT2D eigenvalue weighted by atomic mass is 16.7. The number of fused-ring (bicyclic) bond motifs is 2. The fourth-order valence-electron chi connectivity index (χ4n) is 5.20. The molecule has 36 heavy (non-hydrogen) atoms. The summed E-state index contributed by atoms with van der Waals surface area (Å²) in [5.74, 6) is -1.22. The first-order valence-corrected chi connectivity index (χ1v) is 12.9. The van der Waals surface area contributed by atoms with Crippen LogP contribution in [-0.4, -0.2) is 91.1 Å². The van der Waals surface area contributed by atoms with Crippen LogP contribution < -0.4 is 0 Å². The Bertz CT molecular complexity index is 634. The summed E-state index contributed by atoms with van der Waals surface area (Å²) in [4.78, 5) is 13.4. The van der Waals surface area contributed by atoms with Crippen molar-refractivity contribution in [1.29, 1.82) is 0 Å². The van der Waals surface area contributed by atoms with E-state index in [-0.39, 0.29) is 62.9 Å². The molecule has 0 aromatic rings. The van der Waals surface area contributed by atoms with Crippen LogP contribution in [0, 0.1) is 11.8 Å². The maximum atomic E-state index is 13.4. The number of hydrogen-bond donors (Lipinski definition) is 0. The monoisotopic (exact) mass is 520 g/mol. The van der Waals surface area contributed by atoms with Gasteiger partial charge in [-0.1, -0.05) is 13.8 Å². The van der Waals surface area contributed by atoms with E-state index in [9.17, 15) is 4.79 Å². The minimum atomic E-state index is -1.12. The maximum Gasteiger partial charge on any atom is 0.311 e. The molecule has 10 heteroatoms. The molecule has 2 saturated heterocycles. The fraction of sp³-hybridized carbons (Fsp3) is 0.962. The van der Waals surface area contributed by atoms with Crippen molar-refractivity contribution in [3.63, 3.8) is 0 Å². The lowest BCUT2D eigenvalue weighted by molar-refractivity contribution is -0.312. The molecule has 0 aromatic heterocycles. The van der Waals surface area contributed by atoms with Gasteiger partial charge in [0.15, 0.2) is 5.79 Å². The van der Waals surface area contributed by atoms with Crippen molar-refractivity contribution in [1.82, 2.24) is 0 Å². The molecule has 0 amide bonds. The van der Waals surface area contributed by atoms with Crippen LogP contribution in [0.2, 0.25) is 0 Å². The Kier molecular flexibility index (Phi) is 13.5. The van der Waals surface area contributed by atoms with E-state index in [4.69, 9.17) is 42.6 Å². The molecule has 2 bridgehead atoms. The third-order valence-electron chi connectivity index (χ3n) is 7.37.